The predicted octanol–water partition coefficient (Wildman–Crippen LogP) is 4.19. The van der Waals surface area contributed by atoms with E-state index in [1.807, 2.05) is 50.3 Å². The van der Waals surface area contributed by atoms with Crippen molar-refractivity contribution in [2.45, 2.75) is 26.7 Å². The molecule has 0 saturated carbocycles. The lowest BCUT2D eigenvalue weighted by atomic mass is 10.1. The Kier molecular flexibility index (Phi) is 5.92. The van der Waals surface area contributed by atoms with Crippen LogP contribution in [0.5, 0.6) is 0 Å². The summed E-state index contributed by atoms with van der Waals surface area (Å²) in [7, 11) is 0. The van der Waals surface area contributed by atoms with Crippen molar-refractivity contribution >= 4 is 11.7 Å². The van der Waals surface area contributed by atoms with Gasteiger partial charge in [-0.3, -0.25) is 4.79 Å². The fourth-order valence-electron chi connectivity index (χ4n) is 1.51. The maximum Gasteiger partial charge on any atom is 0.311 e. The molecule has 0 aliphatic carbocycles. The quantitative estimate of drug-likeness (QED) is 0.426. The van der Waals surface area contributed by atoms with Gasteiger partial charge in [0.15, 0.2) is 0 Å². The van der Waals surface area contributed by atoms with Gasteiger partial charge in [0.25, 0.3) is 0 Å². The van der Waals surface area contributed by atoms with Crippen LogP contribution >= 0.6 is 0 Å². The van der Waals surface area contributed by atoms with Gasteiger partial charge in [0, 0.05) is 12.0 Å². The zero-order valence-corrected chi connectivity index (χ0v) is 11.1. The number of carbonyl (C=O) groups is 1. The van der Waals surface area contributed by atoms with Gasteiger partial charge in [0.2, 0.25) is 0 Å². The van der Waals surface area contributed by atoms with Gasteiger partial charge in [0.1, 0.15) is 5.76 Å². The van der Waals surface area contributed by atoms with Crippen molar-refractivity contribution in [3.05, 3.63) is 54.6 Å². The summed E-state index contributed by atoms with van der Waals surface area (Å²) in [6, 6.07) is 9.64. The Hall–Kier alpha value is -1.83. The summed E-state index contributed by atoms with van der Waals surface area (Å²) in [6.07, 6.45) is 4.76. The molecule has 0 N–H and O–H groups in total. The molecule has 0 atom stereocenters. The molecule has 0 saturated heterocycles. The molecule has 0 aliphatic heterocycles. The van der Waals surface area contributed by atoms with Crippen LogP contribution in [-0.2, 0) is 9.53 Å². The molecule has 1 rings (SSSR count). The van der Waals surface area contributed by atoms with E-state index in [0.29, 0.717) is 24.5 Å². The molecule has 1 aromatic rings. The Morgan fingerprint density at radius 3 is 2.56 bits per heavy atom. The van der Waals surface area contributed by atoms with Crippen LogP contribution in [0.2, 0.25) is 0 Å². The van der Waals surface area contributed by atoms with E-state index in [9.17, 15) is 4.79 Å². The van der Waals surface area contributed by atoms with Crippen molar-refractivity contribution in [2.24, 2.45) is 5.92 Å². The highest BCUT2D eigenvalue weighted by Crippen LogP contribution is 2.18. The number of carbonyl (C=O) groups excluding carboxylic acids is 1. The molecule has 0 spiro atoms. The molecule has 0 unspecified atom stereocenters. The highest BCUT2D eigenvalue weighted by molar-refractivity contribution is 5.78. The average molecular weight is 244 g/mol. The van der Waals surface area contributed by atoms with Crippen LogP contribution in [-0.4, -0.2) is 5.97 Å². The van der Waals surface area contributed by atoms with E-state index in [-0.39, 0.29) is 5.97 Å². The van der Waals surface area contributed by atoms with Gasteiger partial charge in [-0.2, -0.15) is 0 Å². The Labute approximate surface area is 109 Å². The van der Waals surface area contributed by atoms with Crippen LogP contribution < -0.4 is 0 Å². The van der Waals surface area contributed by atoms with Crippen molar-refractivity contribution in [3.8, 4) is 0 Å². The monoisotopic (exact) mass is 244 g/mol. The molecular weight excluding hydrogens is 224 g/mol. The molecular formula is C16H20O2. The lowest BCUT2D eigenvalue weighted by Gasteiger charge is -2.10. The topological polar surface area (TPSA) is 26.3 Å². The van der Waals surface area contributed by atoms with Crippen LogP contribution in [0, 0.1) is 5.92 Å². The second kappa shape index (κ2) is 7.49. The van der Waals surface area contributed by atoms with Crippen molar-refractivity contribution in [1.82, 2.24) is 0 Å². The zero-order chi connectivity index (χ0) is 13.4. The molecule has 0 amide bonds. The Morgan fingerprint density at radius 2 is 2.00 bits per heavy atom. The molecule has 0 aromatic heterocycles. The Bertz CT molecular complexity index is 416. The van der Waals surface area contributed by atoms with Crippen LogP contribution in [0.25, 0.3) is 5.76 Å². The molecule has 2 heteroatoms. The van der Waals surface area contributed by atoms with E-state index in [0.717, 1.165) is 5.56 Å². The lowest BCUT2D eigenvalue weighted by molar-refractivity contribution is -0.137. The molecule has 0 radical (unpaired) electrons. The maximum atomic E-state index is 11.7. The third kappa shape index (κ3) is 5.00. The van der Waals surface area contributed by atoms with Crippen molar-refractivity contribution in [3.63, 3.8) is 0 Å². The molecule has 1 aromatic carbocycles. The normalized spacial score (nSPS) is 11.4. The first-order valence-electron chi connectivity index (χ1n) is 6.20. The summed E-state index contributed by atoms with van der Waals surface area (Å²) in [6.45, 7) is 7.66. The van der Waals surface area contributed by atoms with Crippen LogP contribution in [0.4, 0.5) is 0 Å². The highest BCUT2D eigenvalue weighted by Gasteiger charge is 2.10. The van der Waals surface area contributed by atoms with Gasteiger partial charge in [-0.05, 0) is 18.4 Å². The SMILES string of the molecule is C=CCC=C(OC(=O)CC(C)C)c1ccccc1. The van der Waals surface area contributed by atoms with Gasteiger partial charge in [0.05, 0.1) is 0 Å². The fraction of sp³-hybridized carbons (Fsp3) is 0.312. The predicted molar refractivity (Wildman–Crippen MR) is 74.8 cm³/mol. The Morgan fingerprint density at radius 1 is 1.33 bits per heavy atom. The molecule has 0 aliphatic rings. The van der Waals surface area contributed by atoms with Gasteiger partial charge >= 0.3 is 5.97 Å². The lowest BCUT2D eigenvalue weighted by Crippen LogP contribution is -2.07. The minimum atomic E-state index is -0.191. The first-order valence-corrected chi connectivity index (χ1v) is 6.20. The standard InChI is InChI=1S/C16H20O2/c1-4-5-11-15(14-9-7-6-8-10-14)18-16(17)12-13(2)3/h4,6-11,13H,1,5,12H2,2-3H3. The number of benzene rings is 1. The molecule has 2 nitrogen and oxygen atoms in total. The van der Waals surface area contributed by atoms with E-state index >= 15 is 0 Å². The molecule has 0 heterocycles. The van der Waals surface area contributed by atoms with Crippen molar-refractivity contribution < 1.29 is 9.53 Å². The maximum absolute atomic E-state index is 11.7. The number of esters is 1. The average Bonchev–Trinajstić information content (AvgIpc) is 2.34. The van der Waals surface area contributed by atoms with E-state index in [2.05, 4.69) is 6.58 Å². The second-order valence-electron chi connectivity index (χ2n) is 4.53. The van der Waals surface area contributed by atoms with Crippen LogP contribution in [0.3, 0.4) is 0 Å². The van der Waals surface area contributed by atoms with Gasteiger partial charge in [-0.15, -0.1) is 6.58 Å². The highest BCUT2D eigenvalue weighted by atomic mass is 16.5. The summed E-state index contributed by atoms with van der Waals surface area (Å²) >= 11 is 0. The minimum absolute atomic E-state index is 0.191. The minimum Gasteiger partial charge on any atom is -0.426 e. The van der Waals surface area contributed by atoms with E-state index < -0.39 is 0 Å². The van der Waals surface area contributed by atoms with E-state index in [1.165, 1.54) is 0 Å². The van der Waals surface area contributed by atoms with E-state index in [1.54, 1.807) is 6.08 Å². The van der Waals surface area contributed by atoms with Crippen molar-refractivity contribution in [2.75, 3.05) is 0 Å². The van der Waals surface area contributed by atoms with Crippen molar-refractivity contribution in [1.29, 1.82) is 0 Å². The summed E-state index contributed by atoms with van der Waals surface area (Å²) in [5.74, 6) is 0.722. The number of hydrogen-bond acceptors (Lipinski definition) is 2. The third-order valence-electron chi connectivity index (χ3n) is 2.33. The van der Waals surface area contributed by atoms with Gasteiger partial charge in [-0.25, -0.2) is 0 Å². The third-order valence-corrected chi connectivity index (χ3v) is 2.33. The summed E-state index contributed by atoms with van der Waals surface area (Å²) in [5, 5.41) is 0. The summed E-state index contributed by atoms with van der Waals surface area (Å²) in [4.78, 5) is 11.7. The van der Waals surface area contributed by atoms with Crippen LogP contribution in [0.15, 0.2) is 49.1 Å². The van der Waals surface area contributed by atoms with E-state index in [4.69, 9.17) is 4.74 Å². The first kappa shape index (κ1) is 14.2. The number of ether oxygens (including phenoxy) is 1. The van der Waals surface area contributed by atoms with Crippen LogP contribution in [0.1, 0.15) is 32.3 Å². The summed E-state index contributed by atoms with van der Waals surface area (Å²) in [5.41, 5.74) is 0.913. The fourth-order valence-corrected chi connectivity index (χ4v) is 1.51. The van der Waals surface area contributed by atoms with Gasteiger partial charge in [-0.1, -0.05) is 50.3 Å². The second-order valence-corrected chi connectivity index (χ2v) is 4.53. The number of hydrogen-bond donors (Lipinski definition) is 0. The molecule has 18 heavy (non-hydrogen) atoms. The smallest absolute Gasteiger partial charge is 0.311 e. The number of allylic oxidation sites excluding steroid dienone is 2. The van der Waals surface area contributed by atoms with Gasteiger partial charge < -0.3 is 4.74 Å². The Balaban J connectivity index is 2.80. The first-order chi connectivity index (χ1) is 8.63. The molecule has 0 fully saturated rings. The molecule has 96 valence electrons. The largest absolute Gasteiger partial charge is 0.426 e. The number of rotatable bonds is 6. The molecule has 0 bridgehead atoms. The zero-order valence-electron chi connectivity index (χ0n) is 11.1. The summed E-state index contributed by atoms with van der Waals surface area (Å²) < 4.78 is 5.42.